The Morgan fingerprint density at radius 1 is 1.29 bits per heavy atom. The minimum absolute atomic E-state index is 0.0808. The van der Waals surface area contributed by atoms with Gasteiger partial charge in [0, 0.05) is 12.1 Å². The van der Waals surface area contributed by atoms with Gasteiger partial charge in [0.2, 0.25) is 0 Å². The SMILES string of the molecule is CCOc1ccc(C(=O)C(CC(=O)OC)NCCO)cc1. The number of aliphatic hydroxyl groups is 1. The van der Waals surface area contributed by atoms with Gasteiger partial charge in [0.15, 0.2) is 5.78 Å². The Morgan fingerprint density at radius 3 is 2.48 bits per heavy atom. The second kappa shape index (κ2) is 9.10. The van der Waals surface area contributed by atoms with Crippen molar-refractivity contribution in [2.75, 3.05) is 26.9 Å². The van der Waals surface area contributed by atoms with Gasteiger partial charge in [0.1, 0.15) is 5.75 Å². The van der Waals surface area contributed by atoms with Gasteiger partial charge < -0.3 is 19.9 Å². The third-order valence-corrected chi connectivity index (χ3v) is 2.87. The molecule has 116 valence electrons. The molecule has 0 fully saturated rings. The summed E-state index contributed by atoms with van der Waals surface area (Å²) in [7, 11) is 1.27. The summed E-state index contributed by atoms with van der Waals surface area (Å²) in [4.78, 5) is 23.7. The van der Waals surface area contributed by atoms with Crippen LogP contribution in [0.2, 0.25) is 0 Å². The van der Waals surface area contributed by atoms with Crippen molar-refractivity contribution in [3.63, 3.8) is 0 Å². The predicted octanol–water partition coefficient (Wildman–Crippen LogP) is 0.782. The molecule has 0 aliphatic rings. The maximum atomic E-state index is 12.4. The summed E-state index contributed by atoms with van der Waals surface area (Å²) in [6.07, 6.45) is -0.0808. The van der Waals surface area contributed by atoms with Crippen LogP contribution in [0.5, 0.6) is 5.75 Å². The summed E-state index contributed by atoms with van der Waals surface area (Å²) in [6.45, 7) is 2.54. The number of esters is 1. The monoisotopic (exact) mass is 295 g/mol. The molecule has 1 rings (SSSR count). The minimum atomic E-state index is -0.720. The molecule has 6 heteroatoms. The number of aliphatic hydroxyl groups excluding tert-OH is 1. The van der Waals surface area contributed by atoms with Crippen LogP contribution < -0.4 is 10.1 Å². The Morgan fingerprint density at radius 2 is 1.95 bits per heavy atom. The van der Waals surface area contributed by atoms with Crippen molar-refractivity contribution in [2.24, 2.45) is 0 Å². The maximum absolute atomic E-state index is 12.4. The van der Waals surface area contributed by atoms with E-state index in [1.54, 1.807) is 24.3 Å². The zero-order valence-electron chi connectivity index (χ0n) is 12.3. The zero-order chi connectivity index (χ0) is 15.7. The van der Waals surface area contributed by atoms with E-state index in [1.165, 1.54) is 7.11 Å². The Bertz CT molecular complexity index is 458. The van der Waals surface area contributed by atoms with E-state index in [0.717, 1.165) is 0 Å². The standard InChI is InChI=1S/C15H21NO5/c1-3-21-12-6-4-11(5-7-12)15(19)13(16-8-9-17)10-14(18)20-2/h4-7,13,16-17H,3,8-10H2,1-2H3. The fourth-order valence-electron chi connectivity index (χ4n) is 1.83. The first-order valence-corrected chi connectivity index (χ1v) is 6.80. The van der Waals surface area contributed by atoms with E-state index in [-0.39, 0.29) is 25.4 Å². The molecule has 0 radical (unpaired) electrons. The number of ketones is 1. The molecule has 0 aliphatic carbocycles. The third kappa shape index (κ3) is 5.53. The third-order valence-electron chi connectivity index (χ3n) is 2.87. The molecule has 0 heterocycles. The van der Waals surface area contributed by atoms with Crippen molar-refractivity contribution >= 4 is 11.8 Å². The van der Waals surface area contributed by atoms with Gasteiger partial charge in [-0.25, -0.2) is 0 Å². The summed E-state index contributed by atoms with van der Waals surface area (Å²) in [6, 6.07) is 5.99. The van der Waals surface area contributed by atoms with Crippen LogP contribution in [0.25, 0.3) is 0 Å². The van der Waals surface area contributed by atoms with E-state index in [2.05, 4.69) is 10.1 Å². The topological polar surface area (TPSA) is 84.9 Å². The van der Waals surface area contributed by atoms with E-state index in [9.17, 15) is 9.59 Å². The average molecular weight is 295 g/mol. The van der Waals surface area contributed by atoms with Gasteiger partial charge >= 0.3 is 5.97 Å². The van der Waals surface area contributed by atoms with Crippen LogP contribution >= 0.6 is 0 Å². The number of ether oxygens (including phenoxy) is 2. The van der Waals surface area contributed by atoms with Gasteiger partial charge in [0.25, 0.3) is 0 Å². The second-order valence-electron chi connectivity index (χ2n) is 4.33. The lowest BCUT2D eigenvalue weighted by molar-refractivity contribution is -0.141. The number of rotatable bonds is 9. The van der Waals surface area contributed by atoms with E-state index >= 15 is 0 Å². The molecule has 2 N–H and O–H groups in total. The summed E-state index contributed by atoms with van der Waals surface area (Å²) in [5, 5.41) is 11.7. The second-order valence-corrected chi connectivity index (χ2v) is 4.33. The van der Waals surface area contributed by atoms with Gasteiger partial charge in [-0.05, 0) is 31.2 Å². The van der Waals surface area contributed by atoms with Crippen molar-refractivity contribution in [3.05, 3.63) is 29.8 Å². The highest BCUT2D eigenvalue weighted by atomic mass is 16.5. The number of Topliss-reactive ketones (excluding diaryl/α,β-unsaturated/α-hetero) is 1. The van der Waals surface area contributed by atoms with E-state index in [0.29, 0.717) is 17.9 Å². The number of nitrogens with one attached hydrogen (secondary N) is 1. The first kappa shape index (κ1) is 17.1. The highest BCUT2D eigenvalue weighted by Gasteiger charge is 2.23. The van der Waals surface area contributed by atoms with Crippen LogP contribution in [0.4, 0.5) is 0 Å². The number of carbonyl (C=O) groups is 2. The van der Waals surface area contributed by atoms with E-state index in [4.69, 9.17) is 9.84 Å². The normalized spacial score (nSPS) is 11.8. The van der Waals surface area contributed by atoms with Crippen molar-refractivity contribution < 1.29 is 24.2 Å². The summed E-state index contributed by atoms with van der Waals surface area (Å²) >= 11 is 0. The quantitative estimate of drug-likeness (QED) is 0.517. The molecule has 0 aliphatic heterocycles. The molecular formula is C15H21NO5. The average Bonchev–Trinajstić information content (AvgIpc) is 2.51. The number of benzene rings is 1. The van der Waals surface area contributed by atoms with Crippen LogP contribution in [0.3, 0.4) is 0 Å². The number of hydrogen-bond acceptors (Lipinski definition) is 6. The molecule has 0 amide bonds. The molecule has 1 atom stereocenters. The number of hydrogen-bond donors (Lipinski definition) is 2. The van der Waals surface area contributed by atoms with Crippen molar-refractivity contribution in [3.8, 4) is 5.75 Å². The fourth-order valence-corrected chi connectivity index (χ4v) is 1.83. The summed E-state index contributed by atoms with van der Waals surface area (Å²) in [5.41, 5.74) is 0.470. The largest absolute Gasteiger partial charge is 0.494 e. The van der Waals surface area contributed by atoms with Gasteiger partial charge in [0.05, 0.1) is 32.8 Å². The van der Waals surface area contributed by atoms with Crippen molar-refractivity contribution in [1.82, 2.24) is 5.32 Å². The van der Waals surface area contributed by atoms with E-state index < -0.39 is 12.0 Å². The van der Waals surface area contributed by atoms with Gasteiger partial charge in [-0.3, -0.25) is 9.59 Å². The Hall–Kier alpha value is -1.92. The van der Waals surface area contributed by atoms with Gasteiger partial charge in [-0.1, -0.05) is 0 Å². The fraction of sp³-hybridized carbons (Fsp3) is 0.467. The van der Waals surface area contributed by atoms with Crippen molar-refractivity contribution in [2.45, 2.75) is 19.4 Å². The molecule has 1 aromatic rings. The first-order chi connectivity index (χ1) is 10.1. The minimum Gasteiger partial charge on any atom is -0.494 e. The molecule has 1 aromatic carbocycles. The van der Waals surface area contributed by atoms with Crippen molar-refractivity contribution in [1.29, 1.82) is 0 Å². The zero-order valence-corrected chi connectivity index (χ0v) is 12.3. The number of methoxy groups -OCH3 is 1. The predicted molar refractivity (Wildman–Crippen MR) is 77.5 cm³/mol. The summed E-state index contributed by atoms with van der Waals surface area (Å²) in [5.74, 6) is -0.0245. The lowest BCUT2D eigenvalue weighted by atomic mass is 10.0. The Balaban J connectivity index is 2.79. The summed E-state index contributed by atoms with van der Waals surface area (Å²) < 4.78 is 9.90. The van der Waals surface area contributed by atoms with Gasteiger partial charge in [-0.2, -0.15) is 0 Å². The Labute approximate surface area is 124 Å². The number of carbonyl (C=O) groups excluding carboxylic acids is 2. The molecule has 21 heavy (non-hydrogen) atoms. The molecule has 0 saturated heterocycles. The first-order valence-electron chi connectivity index (χ1n) is 6.80. The van der Waals surface area contributed by atoms with Crippen LogP contribution in [-0.2, 0) is 9.53 Å². The van der Waals surface area contributed by atoms with Crippen LogP contribution in [0.1, 0.15) is 23.7 Å². The molecule has 0 saturated carbocycles. The molecule has 1 unspecified atom stereocenters. The van der Waals surface area contributed by atoms with E-state index in [1.807, 2.05) is 6.92 Å². The highest BCUT2D eigenvalue weighted by Crippen LogP contribution is 2.14. The molecular weight excluding hydrogens is 274 g/mol. The molecule has 0 aromatic heterocycles. The van der Waals surface area contributed by atoms with Crippen LogP contribution in [0, 0.1) is 0 Å². The molecule has 0 bridgehead atoms. The lowest BCUT2D eigenvalue weighted by Gasteiger charge is -2.16. The molecule has 0 spiro atoms. The maximum Gasteiger partial charge on any atom is 0.307 e. The van der Waals surface area contributed by atoms with Crippen LogP contribution in [0.15, 0.2) is 24.3 Å². The lowest BCUT2D eigenvalue weighted by Crippen LogP contribution is -2.40. The Kier molecular flexibility index (Phi) is 7.42. The highest BCUT2D eigenvalue weighted by molar-refractivity contribution is 6.01. The van der Waals surface area contributed by atoms with Gasteiger partial charge in [-0.15, -0.1) is 0 Å². The van der Waals surface area contributed by atoms with Crippen LogP contribution in [-0.4, -0.2) is 49.8 Å². The smallest absolute Gasteiger partial charge is 0.307 e. The molecule has 6 nitrogen and oxygen atoms in total.